The number of amides is 1. The molecule has 13 heavy (non-hydrogen) atoms. The lowest BCUT2D eigenvalue weighted by atomic mass is 10.4. The van der Waals surface area contributed by atoms with E-state index < -0.39 is 0 Å². The maximum atomic E-state index is 11.0. The minimum Gasteiger partial charge on any atom is -0.347 e. The number of allylic oxidation sites excluding steroid dienone is 1. The van der Waals surface area contributed by atoms with Gasteiger partial charge in [0.15, 0.2) is 0 Å². The van der Waals surface area contributed by atoms with Gasteiger partial charge in [0.05, 0.1) is 22.9 Å². The highest BCUT2D eigenvalue weighted by Gasteiger charge is 2.01. The molecular formula is C8H10BrN3O. The molecule has 2 N–H and O–H groups in total. The van der Waals surface area contributed by atoms with Crippen molar-refractivity contribution < 1.29 is 4.79 Å². The molecule has 0 atom stereocenters. The van der Waals surface area contributed by atoms with Crippen LogP contribution in [-0.2, 0) is 11.3 Å². The smallest absolute Gasteiger partial charge is 0.243 e. The third-order valence-electron chi connectivity index (χ3n) is 1.42. The maximum absolute atomic E-state index is 11.0. The normalized spacial score (nSPS) is 10.6. The molecule has 0 saturated heterocycles. The standard InChI is InChI=1S/C8H10BrN3O/c1-2-3-8(13)10-5-7-6(9)4-11-12-7/h2-4H,5H2,1H3,(H,10,13)(H,11,12)/b3-2+. The maximum Gasteiger partial charge on any atom is 0.243 e. The van der Waals surface area contributed by atoms with Gasteiger partial charge in [-0.1, -0.05) is 6.08 Å². The predicted molar refractivity (Wildman–Crippen MR) is 52.9 cm³/mol. The minimum absolute atomic E-state index is 0.107. The Morgan fingerprint density at radius 1 is 1.85 bits per heavy atom. The highest BCUT2D eigenvalue weighted by atomic mass is 79.9. The molecule has 5 heteroatoms. The van der Waals surface area contributed by atoms with E-state index in [2.05, 4.69) is 31.4 Å². The van der Waals surface area contributed by atoms with Gasteiger partial charge >= 0.3 is 0 Å². The Labute approximate surface area is 84.5 Å². The van der Waals surface area contributed by atoms with Gasteiger partial charge in [0.25, 0.3) is 0 Å². The molecular weight excluding hydrogens is 234 g/mol. The van der Waals surface area contributed by atoms with E-state index in [1.54, 1.807) is 19.2 Å². The molecule has 1 rings (SSSR count). The van der Waals surface area contributed by atoms with E-state index in [1.165, 1.54) is 6.08 Å². The first kappa shape index (κ1) is 9.98. The Balaban J connectivity index is 2.44. The third kappa shape index (κ3) is 3.02. The summed E-state index contributed by atoms with van der Waals surface area (Å²) in [6.45, 7) is 2.25. The topological polar surface area (TPSA) is 57.8 Å². The summed E-state index contributed by atoms with van der Waals surface area (Å²) < 4.78 is 0.869. The zero-order valence-electron chi connectivity index (χ0n) is 7.17. The van der Waals surface area contributed by atoms with Crippen molar-refractivity contribution in [3.05, 3.63) is 28.5 Å². The van der Waals surface area contributed by atoms with Crippen molar-refractivity contribution in [3.8, 4) is 0 Å². The summed E-state index contributed by atoms with van der Waals surface area (Å²) in [7, 11) is 0. The second-order valence-electron chi connectivity index (χ2n) is 2.41. The number of carbonyl (C=O) groups excluding carboxylic acids is 1. The molecule has 0 aliphatic rings. The molecule has 1 aromatic heterocycles. The first-order chi connectivity index (χ1) is 6.24. The number of aromatic amines is 1. The number of nitrogens with one attached hydrogen (secondary N) is 2. The number of aromatic nitrogens is 2. The van der Waals surface area contributed by atoms with Crippen LogP contribution in [0.3, 0.4) is 0 Å². The van der Waals surface area contributed by atoms with Crippen molar-refractivity contribution in [2.24, 2.45) is 0 Å². The Kier molecular flexibility index (Phi) is 3.70. The summed E-state index contributed by atoms with van der Waals surface area (Å²) >= 11 is 3.29. The van der Waals surface area contributed by atoms with Crippen LogP contribution in [0.1, 0.15) is 12.6 Å². The van der Waals surface area contributed by atoms with E-state index >= 15 is 0 Å². The van der Waals surface area contributed by atoms with Crippen molar-refractivity contribution in [2.75, 3.05) is 0 Å². The van der Waals surface area contributed by atoms with Crippen molar-refractivity contribution in [1.82, 2.24) is 15.5 Å². The van der Waals surface area contributed by atoms with Crippen LogP contribution in [0.4, 0.5) is 0 Å². The summed E-state index contributed by atoms with van der Waals surface area (Å²) in [5.74, 6) is -0.107. The number of halogens is 1. The predicted octanol–water partition coefficient (Wildman–Crippen LogP) is 1.36. The van der Waals surface area contributed by atoms with Gasteiger partial charge in [0, 0.05) is 0 Å². The van der Waals surface area contributed by atoms with Gasteiger partial charge in [-0.25, -0.2) is 0 Å². The lowest BCUT2D eigenvalue weighted by molar-refractivity contribution is -0.116. The van der Waals surface area contributed by atoms with Crippen molar-refractivity contribution in [2.45, 2.75) is 13.5 Å². The van der Waals surface area contributed by atoms with Gasteiger partial charge < -0.3 is 5.32 Å². The number of carbonyl (C=O) groups is 1. The van der Waals surface area contributed by atoms with Crippen LogP contribution >= 0.6 is 15.9 Å². The Bertz CT molecular complexity index is 319. The molecule has 1 aromatic rings. The number of nitrogens with zero attached hydrogens (tertiary/aromatic N) is 1. The van der Waals surface area contributed by atoms with E-state index in [9.17, 15) is 4.79 Å². The molecule has 0 fully saturated rings. The van der Waals surface area contributed by atoms with Gasteiger partial charge in [-0.05, 0) is 28.9 Å². The minimum atomic E-state index is -0.107. The first-order valence-corrected chi connectivity index (χ1v) is 4.61. The molecule has 70 valence electrons. The molecule has 0 aromatic carbocycles. The number of hydrogen-bond donors (Lipinski definition) is 2. The molecule has 0 aliphatic carbocycles. The van der Waals surface area contributed by atoms with Crippen LogP contribution in [-0.4, -0.2) is 16.1 Å². The van der Waals surface area contributed by atoms with Gasteiger partial charge in [-0.15, -0.1) is 0 Å². The molecule has 0 aliphatic heterocycles. The van der Waals surface area contributed by atoms with E-state index in [0.717, 1.165) is 10.2 Å². The Morgan fingerprint density at radius 2 is 2.62 bits per heavy atom. The number of rotatable bonds is 3. The van der Waals surface area contributed by atoms with Gasteiger partial charge in [0.1, 0.15) is 0 Å². The summed E-state index contributed by atoms with van der Waals surface area (Å²) in [6.07, 6.45) is 4.82. The average Bonchev–Trinajstić information content (AvgIpc) is 2.48. The quantitative estimate of drug-likeness (QED) is 0.789. The lowest BCUT2D eigenvalue weighted by Gasteiger charge is -1.99. The molecule has 0 spiro atoms. The van der Waals surface area contributed by atoms with Crippen molar-refractivity contribution in [3.63, 3.8) is 0 Å². The zero-order valence-corrected chi connectivity index (χ0v) is 8.76. The summed E-state index contributed by atoms with van der Waals surface area (Å²) in [6, 6.07) is 0. The lowest BCUT2D eigenvalue weighted by Crippen LogP contribution is -2.20. The molecule has 0 radical (unpaired) electrons. The monoisotopic (exact) mass is 243 g/mol. The van der Waals surface area contributed by atoms with E-state index in [-0.39, 0.29) is 5.91 Å². The van der Waals surface area contributed by atoms with Crippen LogP contribution in [0.5, 0.6) is 0 Å². The summed E-state index contributed by atoms with van der Waals surface area (Å²) in [5, 5.41) is 9.27. The fourth-order valence-corrected chi connectivity index (χ4v) is 1.14. The number of H-pyrrole nitrogens is 1. The van der Waals surface area contributed by atoms with Gasteiger partial charge in [0.2, 0.25) is 5.91 Å². The third-order valence-corrected chi connectivity index (χ3v) is 2.11. The van der Waals surface area contributed by atoms with Crippen LogP contribution in [0.15, 0.2) is 22.8 Å². The zero-order chi connectivity index (χ0) is 9.68. The van der Waals surface area contributed by atoms with E-state index in [1.807, 2.05) is 0 Å². The SMILES string of the molecule is C/C=C/C(=O)NCc1[nH]ncc1Br. The molecule has 4 nitrogen and oxygen atoms in total. The molecule has 0 unspecified atom stereocenters. The average molecular weight is 244 g/mol. The number of hydrogen-bond acceptors (Lipinski definition) is 2. The highest BCUT2D eigenvalue weighted by molar-refractivity contribution is 9.10. The highest BCUT2D eigenvalue weighted by Crippen LogP contribution is 2.11. The molecule has 1 heterocycles. The summed E-state index contributed by atoms with van der Waals surface area (Å²) in [5.41, 5.74) is 0.859. The van der Waals surface area contributed by atoms with Crippen LogP contribution in [0, 0.1) is 0 Å². The first-order valence-electron chi connectivity index (χ1n) is 3.82. The van der Waals surface area contributed by atoms with E-state index in [0.29, 0.717) is 6.54 Å². The fourth-order valence-electron chi connectivity index (χ4n) is 0.808. The van der Waals surface area contributed by atoms with Crippen LogP contribution < -0.4 is 5.32 Å². The Hall–Kier alpha value is -1.10. The van der Waals surface area contributed by atoms with E-state index in [4.69, 9.17) is 0 Å². The molecule has 1 amide bonds. The van der Waals surface area contributed by atoms with Gasteiger partial charge in [-0.2, -0.15) is 5.10 Å². The second-order valence-corrected chi connectivity index (χ2v) is 3.27. The largest absolute Gasteiger partial charge is 0.347 e. The Morgan fingerprint density at radius 3 is 3.15 bits per heavy atom. The van der Waals surface area contributed by atoms with Crippen LogP contribution in [0.2, 0.25) is 0 Å². The van der Waals surface area contributed by atoms with Crippen molar-refractivity contribution in [1.29, 1.82) is 0 Å². The van der Waals surface area contributed by atoms with Gasteiger partial charge in [-0.3, -0.25) is 9.89 Å². The molecule has 0 saturated carbocycles. The molecule has 0 bridgehead atoms. The second kappa shape index (κ2) is 4.81. The van der Waals surface area contributed by atoms with Crippen LogP contribution in [0.25, 0.3) is 0 Å². The summed E-state index contributed by atoms with van der Waals surface area (Å²) in [4.78, 5) is 11.0. The van der Waals surface area contributed by atoms with Crippen molar-refractivity contribution >= 4 is 21.8 Å². The fraction of sp³-hybridized carbons (Fsp3) is 0.250.